The van der Waals surface area contributed by atoms with Gasteiger partial charge >= 0.3 is 0 Å². The van der Waals surface area contributed by atoms with E-state index in [0.29, 0.717) is 25.2 Å². The summed E-state index contributed by atoms with van der Waals surface area (Å²) >= 11 is 0. The summed E-state index contributed by atoms with van der Waals surface area (Å²) in [4.78, 5) is 26.7. The van der Waals surface area contributed by atoms with E-state index in [1.807, 2.05) is 6.92 Å². The van der Waals surface area contributed by atoms with Crippen molar-refractivity contribution in [3.8, 4) is 0 Å². The summed E-state index contributed by atoms with van der Waals surface area (Å²) in [6.45, 7) is 7.22. The molecule has 0 unspecified atom stereocenters. The third-order valence-electron chi connectivity index (χ3n) is 4.43. The van der Waals surface area contributed by atoms with Crippen LogP contribution in [-0.2, 0) is 10.0 Å². The summed E-state index contributed by atoms with van der Waals surface area (Å²) in [5.41, 5.74) is 0.429. The second-order valence-electron chi connectivity index (χ2n) is 6.46. The molecule has 3 rings (SSSR count). The average molecular weight is 351 g/mol. The van der Waals surface area contributed by atoms with Gasteiger partial charge in [0, 0.05) is 37.3 Å². The number of hydrogen-bond acceptors (Lipinski definition) is 5. The Morgan fingerprint density at radius 2 is 2.04 bits per heavy atom. The van der Waals surface area contributed by atoms with Crippen LogP contribution in [0.15, 0.2) is 23.1 Å². The van der Waals surface area contributed by atoms with E-state index >= 15 is 0 Å². The average Bonchev–Trinajstić information content (AvgIpc) is 2.73. The first-order chi connectivity index (χ1) is 11.2. The Labute approximate surface area is 141 Å². The predicted molar refractivity (Wildman–Crippen MR) is 88.3 cm³/mol. The van der Waals surface area contributed by atoms with Gasteiger partial charge in [0.25, 0.3) is 21.8 Å². The SMILES string of the molecule is CC(C)N1C(=O)c2ccc(C(=O)N3CCNC[C@H]3C)cc2S1(=O)=O. The van der Waals surface area contributed by atoms with Crippen LogP contribution in [0, 0.1) is 0 Å². The lowest BCUT2D eigenvalue weighted by atomic mass is 10.1. The second-order valence-corrected chi connectivity index (χ2v) is 8.25. The third-order valence-corrected chi connectivity index (χ3v) is 6.43. The van der Waals surface area contributed by atoms with Crippen molar-refractivity contribution in [2.24, 2.45) is 0 Å². The Hall–Kier alpha value is -1.93. The number of piperazine rings is 1. The van der Waals surface area contributed by atoms with Gasteiger partial charge in [-0.25, -0.2) is 12.7 Å². The van der Waals surface area contributed by atoms with Gasteiger partial charge in [-0.05, 0) is 39.0 Å². The van der Waals surface area contributed by atoms with E-state index in [0.717, 1.165) is 4.31 Å². The van der Waals surface area contributed by atoms with Crippen molar-refractivity contribution in [3.63, 3.8) is 0 Å². The molecule has 0 aromatic heterocycles. The molecule has 8 heteroatoms. The van der Waals surface area contributed by atoms with Gasteiger partial charge in [-0.3, -0.25) is 9.59 Å². The summed E-state index contributed by atoms with van der Waals surface area (Å²) in [6, 6.07) is 3.87. The van der Waals surface area contributed by atoms with Crippen LogP contribution >= 0.6 is 0 Å². The molecule has 1 atom stereocenters. The molecule has 1 N–H and O–H groups in total. The molecule has 24 heavy (non-hydrogen) atoms. The first-order valence-corrected chi connectivity index (χ1v) is 9.43. The lowest BCUT2D eigenvalue weighted by Crippen LogP contribution is -2.52. The fraction of sp³-hybridized carbons (Fsp3) is 0.500. The molecule has 130 valence electrons. The van der Waals surface area contributed by atoms with E-state index in [9.17, 15) is 18.0 Å². The van der Waals surface area contributed by atoms with Gasteiger partial charge < -0.3 is 10.2 Å². The molecule has 0 saturated carbocycles. The van der Waals surface area contributed by atoms with Crippen LogP contribution in [0.1, 0.15) is 41.5 Å². The van der Waals surface area contributed by atoms with Crippen LogP contribution in [0.4, 0.5) is 0 Å². The quantitative estimate of drug-likeness (QED) is 0.846. The lowest BCUT2D eigenvalue weighted by molar-refractivity contribution is 0.0655. The summed E-state index contributed by atoms with van der Waals surface area (Å²) in [7, 11) is -3.89. The molecule has 1 aromatic carbocycles. The molecule has 0 bridgehead atoms. The monoisotopic (exact) mass is 351 g/mol. The van der Waals surface area contributed by atoms with E-state index in [2.05, 4.69) is 5.32 Å². The minimum Gasteiger partial charge on any atom is -0.333 e. The van der Waals surface area contributed by atoms with E-state index < -0.39 is 22.0 Å². The lowest BCUT2D eigenvalue weighted by Gasteiger charge is -2.34. The van der Waals surface area contributed by atoms with Crippen LogP contribution in [-0.4, -0.2) is 61.2 Å². The number of fused-ring (bicyclic) bond motifs is 1. The first-order valence-electron chi connectivity index (χ1n) is 7.99. The number of carbonyl (C=O) groups excluding carboxylic acids is 2. The van der Waals surface area contributed by atoms with Crippen molar-refractivity contribution in [2.75, 3.05) is 19.6 Å². The Balaban J connectivity index is 2.00. The molecule has 1 saturated heterocycles. The number of nitrogens with one attached hydrogen (secondary N) is 1. The standard InChI is InChI=1S/C16H21N3O4S/c1-10(2)19-16(21)13-5-4-12(8-14(13)24(19,22)23)15(20)18-7-6-17-9-11(18)3/h4-5,8,10-11,17H,6-7,9H2,1-3H3/t11-/m1/s1. The molecule has 2 amide bonds. The number of nitrogens with zero attached hydrogens (tertiary/aromatic N) is 2. The number of sulfonamides is 1. The van der Waals surface area contributed by atoms with Crippen molar-refractivity contribution >= 4 is 21.8 Å². The molecule has 0 radical (unpaired) electrons. The molecule has 1 aromatic rings. The molecule has 2 aliphatic rings. The van der Waals surface area contributed by atoms with Crippen molar-refractivity contribution in [1.82, 2.24) is 14.5 Å². The molecule has 0 aliphatic carbocycles. The molecular formula is C16H21N3O4S. The number of hydrogen-bond donors (Lipinski definition) is 1. The summed E-state index contributed by atoms with van der Waals surface area (Å²) in [5, 5.41) is 3.21. The number of amides is 2. The van der Waals surface area contributed by atoms with Gasteiger partial charge in [0.2, 0.25) is 0 Å². The maximum absolute atomic E-state index is 12.7. The van der Waals surface area contributed by atoms with Gasteiger partial charge in [-0.15, -0.1) is 0 Å². The molecule has 2 heterocycles. The fourth-order valence-electron chi connectivity index (χ4n) is 3.20. The molecule has 0 spiro atoms. The zero-order chi connectivity index (χ0) is 17.6. The maximum Gasteiger partial charge on any atom is 0.269 e. The van der Waals surface area contributed by atoms with Crippen molar-refractivity contribution in [1.29, 1.82) is 0 Å². The highest BCUT2D eigenvalue weighted by Gasteiger charge is 2.43. The zero-order valence-corrected chi connectivity index (χ0v) is 14.8. The van der Waals surface area contributed by atoms with Gasteiger partial charge in [0.1, 0.15) is 4.90 Å². The smallest absolute Gasteiger partial charge is 0.269 e. The summed E-state index contributed by atoms with van der Waals surface area (Å²) in [5.74, 6) is -0.744. The minimum absolute atomic E-state index is 0.0323. The fourth-order valence-corrected chi connectivity index (χ4v) is 4.99. The molecule has 1 fully saturated rings. The van der Waals surface area contributed by atoms with E-state index in [4.69, 9.17) is 0 Å². The Kier molecular flexibility index (Phi) is 4.13. The molecule has 7 nitrogen and oxygen atoms in total. The van der Waals surface area contributed by atoms with E-state index in [1.54, 1.807) is 18.7 Å². The normalized spacial score (nSPS) is 22.8. The number of carbonyl (C=O) groups is 2. The largest absolute Gasteiger partial charge is 0.333 e. The van der Waals surface area contributed by atoms with Crippen molar-refractivity contribution in [2.45, 2.75) is 37.8 Å². The van der Waals surface area contributed by atoms with Gasteiger partial charge in [0.15, 0.2) is 0 Å². The van der Waals surface area contributed by atoms with E-state index in [1.165, 1.54) is 18.2 Å². The number of rotatable bonds is 2. The highest BCUT2D eigenvalue weighted by Crippen LogP contribution is 2.32. The maximum atomic E-state index is 12.7. The summed E-state index contributed by atoms with van der Waals surface area (Å²) < 4.78 is 26.1. The van der Waals surface area contributed by atoms with Crippen molar-refractivity contribution in [3.05, 3.63) is 29.3 Å². The van der Waals surface area contributed by atoms with E-state index in [-0.39, 0.29) is 22.4 Å². The predicted octanol–water partition coefficient (Wildman–Crippen LogP) is 0.673. The topological polar surface area (TPSA) is 86.8 Å². The molecule has 2 aliphatic heterocycles. The third kappa shape index (κ3) is 2.50. The number of benzene rings is 1. The van der Waals surface area contributed by atoms with Crippen LogP contribution < -0.4 is 5.32 Å². The van der Waals surface area contributed by atoms with Gasteiger partial charge in [0.05, 0.1) is 5.56 Å². The highest BCUT2D eigenvalue weighted by molar-refractivity contribution is 7.90. The van der Waals surface area contributed by atoms with Crippen LogP contribution in [0.2, 0.25) is 0 Å². The Morgan fingerprint density at radius 3 is 2.67 bits per heavy atom. The minimum atomic E-state index is -3.89. The Morgan fingerprint density at radius 1 is 1.33 bits per heavy atom. The van der Waals surface area contributed by atoms with Crippen molar-refractivity contribution < 1.29 is 18.0 Å². The summed E-state index contributed by atoms with van der Waals surface area (Å²) in [6.07, 6.45) is 0. The second kappa shape index (κ2) is 5.86. The van der Waals surface area contributed by atoms with Crippen LogP contribution in [0.3, 0.4) is 0 Å². The van der Waals surface area contributed by atoms with Crippen LogP contribution in [0.25, 0.3) is 0 Å². The van der Waals surface area contributed by atoms with Gasteiger partial charge in [-0.1, -0.05) is 0 Å². The Bertz CT molecular complexity index is 804. The van der Waals surface area contributed by atoms with Crippen LogP contribution in [0.5, 0.6) is 0 Å². The molecular weight excluding hydrogens is 330 g/mol. The van der Waals surface area contributed by atoms with Gasteiger partial charge in [-0.2, -0.15) is 0 Å². The highest BCUT2D eigenvalue weighted by atomic mass is 32.2. The first kappa shape index (κ1) is 16.9. The zero-order valence-electron chi connectivity index (χ0n) is 13.9.